The van der Waals surface area contributed by atoms with Crippen LogP contribution in [0.2, 0.25) is 0 Å². The highest BCUT2D eigenvalue weighted by molar-refractivity contribution is 7.89. The zero-order chi connectivity index (χ0) is 22.7. The van der Waals surface area contributed by atoms with Gasteiger partial charge in [0.1, 0.15) is 5.82 Å². The molecule has 2 heterocycles. The zero-order valence-corrected chi connectivity index (χ0v) is 18.6. The number of nitrogens with one attached hydrogen (secondary N) is 1. The molecule has 7 nitrogen and oxygen atoms in total. The van der Waals surface area contributed by atoms with Crippen LogP contribution in [0.1, 0.15) is 17.7 Å². The summed E-state index contributed by atoms with van der Waals surface area (Å²) in [5.41, 5.74) is 2.85. The number of fused-ring (bicyclic) bond motifs is 1. The third-order valence-electron chi connectivity index (χ3n) is 5.03. The second-order valence-electron chi connectivity index (χ2n) is 7.27. The van der Waals surface area contributed by atoms with Crippen LogP contribution < -0.4 is 10.5 Å². The normalized spacial score (nSPS) is 11.7. The third-order valence-corrected chi connectivity index (χ3v) is 6.85. The summed E-state index contributed by atoms with van der Waals surface area (Å²) in [6, 6.07) is 12.8. The third kappa shape index (κ3) is 5.04. The molecule has 166 valence electrons. The lowest BCUT2D eigenvalue weighted by atomic mass is 10.1. The van der Waals surface area contributed by atoms with Crippen LogP contribution in [0.25, 0.3) is 16.2 Å². The topological polar surface area (TPSA) is 107 Å². The monoisotopic (exact) mass is 472 g/mol. The maximum Gasteiger partial charge on any atom is 0.238 e. The van der Waals surface area contributed by atoms with E-state index in [0.717, 1.165) is 16.2 Å². The Morgan fingerprint density at radius 3 is 2.59 bits per heavy atom. The number of sulfonamides is 1. The Morgan fingerprint density at radius 2 is 1.88 bits per heavy atom. The first-order valence-corrected chi connectivity index (χ1v) is 12.3. The fourth-order valence-electron chi connectivity index (χ4n) is 3.33. The van der Waals surface area contributed by atoms with Crippen molar-refractivity contribution < 1.29 is 17.6 Å². The smallest absolute Gasteiger partial charge is 0.238 e. The second kappa shape index (κ2) is 9.19. The minimum Gasteiger partial charge on any atom is -0.356 e. The molecule has 0 unspecified atom stereocenters. The van der Waals surface area contributed by atoms with Crippen molar-refractivity contribution in [1.29, 1.82) is 0 Å². The number of hydrogen-bond acceptors (Lipinski definition) is 5. The van der Waals surface area contributed by atoms with Crippen molar-refractivity contribution in [2.45, 2.75) is 24.2 Å². The minimum atomic E-state index is -3.71. The number of rotatable bonds is 8. The van der Waals surface area contributed by atoms with Crippen molar-refractivity contribution in [2.75, 3.05) is 6.54 Å². The maximum absolute atomic E-state index is 14.0. The average molecular weight is 473 g/mol. The van der Waals surface area contributed by atoms with Gasteiger partial charge in [0.2, 0.25) is 15.9 Å². The number of benzene rings is 2. The predicted molar refractivity (Wildman–Crippen MR) is 121 cm³/mol. The second-order valence-corrected chi connectivity index (χ2v) is 9.67. The summed E-state index contributed by atoms with van der Waals surface area (Å²) in [5, 5.41) is 9.91. The number of amides is 1. The quantitative estimate of drug-likeness (QED) is 0.411. The molecule has 0 atom stereocenters. The Hall–Kier alpha value is -3.08. The lowest BCUT2D eigenvalue weighted by Crippen LogP contribution is -2.26. The molecule has 4 aromatic rings. The SMILES string of the molecule is NS(=O)(=O)c1ccc(CCNC(=O)CCc2csc3nc(-c4ccccc4F)cn23)cc1. The summed E-state index contributed by atoms with van der Waals surface area (Å²) in [6.07, 6.45) is 3.21. The van der Waals surface area contributed by atoms with Gasteiger partial charge < -0.3 is 5.32 Å². The lowest BCUT2D eigenvalue weighted by Gasteiger charge is -2.06. The van der Waals surface area contributed by atoms with Crippen LogP contribution in [0.5, 0.6) is 0 Å². The highest BCUT2D eigenvalue weighted by Gasteiger charge is 2.13. The molecule has 0 fully saturated rings. The standard InChI is InChI=1S/C22H21FN4O3S2/c23-19-4-2-1-3-18(19)20-13-27-16(14-31-22(27)26-20)7-10-21(28)25-12-11-15-5-8-17(9-6-15)32(24,29)30/h1-6,8-9,13-14H,7,10-12H2,(H,25,28)(H2,24,29,30). The van der Waals surface area contributed by atoms with E-state index in [4.69, 9.17) is 5.14 Å². The first-order valence-electron chi connectivity index (χ1n) is 9.90. The van der Waals surface area contributed by atoms with Gasteiger partial charge in [-0.15, -0.1) is 11.3 Å². The number of carbonyl (C=O) groups excluding carboxylic acids is 1. The highest BCUT2D eigenvalue weighted by Crippen LogP contribution is 2.26. The first-order chi connectivity index (χ1) is 15.3. The van der Waals surface area contributed by atoms with Crippen LogP contribution >= 0.6 is 11.3 Å². The molecule has 0 aliphatic heterocycles. The van der Waals surface area contributed by atoms with E-state index in [1.165, 1.54) is 29.5 Å². The number of halogens is 1. The predicted octanol–water partition coefficient (Wildman–Crippen LogP) is 3.14. The van der Waals surface area contributed by atoms with Gasteiger partial charge in [0.05, 0.1) is 10.6 Å². The summed E-state index contributed by atoms with van der Waals surface area (Å²) >= 11 is 1.45. The van der Waals surface area contributed by atoms with Crippen molar-refractivity contribution >= 4 is 32.2 Å². The fourth-order valence-corrected chi connectivity index (χ4v) is 4.75. The van der Waals surface area contributed by atoms with Crippen LogP contribution in [-0.2, 0) is 27.7 Å². The van der Waals surface area contributed by atoms with Crippen LogP contribution in [-0.4, -0.2) is 30.3 Å². The van der Waals surface area contributed by atoms with Crippen LogP contribution in [0, 0.1) is 5.82 Å². The van der Waals surface area contributed by atoms with Crippen molar-refractivity contribution in [1.82, 2.24) is 14.7 Å². The largest absolute Gasteiger partial charge is 0.356 e. The van der Waals surface area contributed by atoms with Crippen LogP contribution in [0.4, 0.5) is 4.39 Å². The molecule has 2 aromatic carbocycles. The van der Waals surface area contributed by atoms with Gasteiger partial charge in [0.25, 0.3) is 0 Å². The Kier molecular flexibility index (Phi) is 6.35. The summed E-state index contributed by atoms with van der Waals surface area (Å²) in [6.45, 7) is 0.440. The zero-order valence-electron chi connectivity index (χ0n) is 17.0. The van der Waals surface area contributed by atoms with E-state index in [1.54, 1.807) is 36.5 Å². The van der Waals surface area contributed by atoms with E-state index < -0.39 is 10.0 Å². The van der Waals surface area contributed by atoms with Gasteiger partial charge >= 0.3 is 0 Å². The Labute approximate surface area is 188 Å². The van der Waals surface area contributed by atoms with Crippen LogP contribution in [0.3, 0.4) is 0 Å². The molecule has 32 heavy (non-hydrogen) atoms. The molecule has 0 bridgehead atoms. The molecule has 0 aliphatic rings. The van der Waals surface area contributed by atoms with Gasteiger partial charge in [-0.1, -0.05) is 24.3 Å². The summed E-state index contributed by atoms with van der Waals surface area (Å²) in [7, 11) is -3.71. The number of carbonyl (C=O) groups is 1. The van der Waals surface area contributed by atoms with Crippen molar-refractivity contribution in [3.8, 4) is 11.3 Å². The summed E-state index contributed by atoms with van der Waals surface area (Å²) in [5.74, 6) is -0.404. The molecule has 0 saturated heterocycles. The van der Waals surface area contributed by atoms with E-state index >= 15 is 0 Å². The van der Waals surface area contributed by atoms with Gasteiger partial charge in [-0.25, -0.2) is 22.9 Å². The molecular weight excluding hydrogens is 451 g/mol. The summed E-state index contributed by atoms with van der Waals surface area (Å²) in [4.78, 5) is 17.5. The molecule has 1 amide bonds. The van der Waals surface area contributed by atoms with E-state index in [-0.39, 0.29) is 16.6 Å². The summed E-state index contributed by atoms with van der Waals surface area (Å²) < 4.78 is 38.5. The Balaban J connectivity index is 1.31. The van der Waals surface area contributed by atoms with E-state index in [1.807, 2.05) is 9.78 Å². The highest BCUT2D eigenvalue weighted by atomic mass is 32.2. The molecule has 4 rings (SSSR count). The average Bonchev–Trinajstić information content (AvgIpc) is 3.33. The number of nitrogens with two attached hydrogens (primary N) is 1. The molecule has 0 spiro atoms. The van der Waals surface area contributed by atoms with E-state index in [2.05, 4.69) is 10.3 Å². The van der Waals surface area contributed by atoms with E-state index in [0.29, 0.717) is 37.1 Å². The van der Waals surface area contributed by atoms with Gasteiger partial charge in [0.15, 0.2) is 4.96 Å². The minimum absolute atomic E-state index is 0.0602. The number of aryl methyl sites for hydroxylation is 1. The van der Waals surface area contributed by atoms with Crippen molar-refractivity contribution in [3.63, 3.8) is 0 Å². The lowest BCUT2D eigenvalue weighted by molar-refractivity contribution is -0.121. The molecule has 0 saturated carbocycles. The molecule has 3 N–H and O–H groups in total. The number of thiazole rings is 1. The van der Waals surface area contributed by atoms with E-state index in [9.17, 15) is 17.6 Å². The van der Waals surface area contributed by atoms with Crippen molar-refractivity contribution in [3.05, 3.63) is 77.2 Å². The van der Waals surface area contributed by atoms with Gasteiger partial charge in [-0.05, 0) is 42.7 Å². The number of primary sulfonamides is 1. The maximum atomic E-state index is 14.0. The molecule has 2 aromatic heterocycles. The molecule has 0 aliphatic carbocycles. The number of imidazole rings is 1. The fraction of sp³-hybridized carbons (Fsp3) is 0.182. The van der Waals surface area contributed by atoms with Crippen molar-refractivity contribution in [2.24, 2.45) is 5.14 Å². The first kappa shape index (κ1) is 22.1. The van der Waals surface area contributed by atoms with Gasteiger partial charge in [-0.3, -0.25) is 9.20 Å². The van der Waals surface area contributed by atoms with Gasteiger partial charge in [0, 0.05) is 35.8 Å². The van der Waals surface area contributed by atoms with Crippen LogP contribution in [0.15, 0.2) is 65.0 Å². The number of hydrogen-bond donors (Lipinski definition) is 2. The number of nitrogens with zero attached hydrogens (tertiary/aromatic N) is 2. The number of aromatic nitrogens is 2. The molecule has 10 heteroatoms. The van der Waals surface area contributed by atoms with Gasteiger partial charge in [-0.2, -0.15) is 0 Å². The Morgan fingerprint density at radius 1 is 1.12 bits per heavy atom. The molecular formula is C22H21FN4O3S2. The Bertz CT molecular complexity index is 1360. The molecule has 0 radical (unpaired) electrons.